The number of thioether (sulfide) groups is 1. The molecule has 0 spiro atoms. The third-order valence-corrected chi connectivity index (χ3v) is 9.36. The van der Waals surface area contributed by atoms with Crippen molar-refractivity contribution >= 4 is 11.8 Å². The van der Waals surface area contributed by atoms with E-state index in [0.717, 1.165) is 57.1 Å². The first-order valence-electron chi connectivity index (χ1n) is 11.6. The number of phenols is 1. The molecule has 0 saturated heterocycles. The van der Waals surface area contributed by atoms with E-state index in [-0.39, 0.29) is 16.9 Å². The summed E-state index contributed by atoms with van der Waals surface area (Å²) in [6.07, 6.45) is 11.7. The van der Waals surface area contributed by atoms with Gasteiger partial charge in [-0.05, 0) is 109 Å². The maximum Gasteiger partial charge on any atom is 0.133 e. The van der Waals surface area contributed by atoms with Crippen molar-refractivity contribution in [3.05, 3.63) is 42.0 Å². The topological polar surface area (TPSA) is 64.2 Å². The van der Waals surface area contributed by atoms with Gasteiger partial charge in [-0.15, -0.1) is 6.58 Å². The average molecular weight is 426 g/mol. The zero-order chi connectivity index (χ0) is 21.4. The lowest BCUT2D eigenvalue weighted by molar-refractivity contribution is -0.0812. The number of hydrogen-bond acceptors (Lipinski definition) is 4. The van der Waals surface area contributed by atoms with Crippen molar-refractivity contribution in [1.29, 1.82) is 5.26 Å². The van der Waals surface area contributed by atoms with Crippen LogP contribution < -0.4 is 0 Å². The van der Waals surface area contributed by atoms with Crippen LogP contribution in [-0.2, 0) is 6.42 Å². The quantitative estimate of drug-likeness (QED) is 0.312. The first-order chi connectivity index (χ1) is 14.5. The highest BCUT2D eigenvalue weighted by Gasteiger charge is 2.63. The van der Waals surface area contributed by atoms with Crippen LogP contribution in [-0.4, -0.2) is 22.1 Å². The average Bonchev–Trinajstić information content (AvgIpc) is 3.04. The van der Waals surface area contributed by atoms with Gasteiger partial charge in [0.05, 0.1) is 6.10 Å². The van der Waals surface area contributed by atoms with E-state index < -0.39 is 0 Å². The summed E-state index contributed by atoms with van der Waals surface area (Å²) >= 11 is 1.36. The van der Waals surface area contributed by atoms with Gasteiger partial charge in [0.15, 0.2) is 0 Å². The van der Waals surface area contributed by atoms with E-state index >= 15 is 0 Å². The van der Waals surface area contributed by atoms with Crippen LogP contribution in [0.5, 0.6) is 5.75 Å². The van der Waals surface area contributed by atoms with Gasteiger partial charge in [-0.1, -0.05) is 31.9 Å². The SMILES string of the molecule is C=CC12CCc3cc(O)ccc3C1C(CCCCCSC#N)C[C@]1(C)C(O)CCC21. The molecule has 0 radical (unpaired) electrons. The fourth-order valence-corrected chi connectivity index (χ4v) is 7.93. The van der Waals surface area contributed by atoms with Crippen molar-refractivity contribution in [3.63, 3.8) is 0 Å². The van der Waals surface area contributed by atoms with E-state index in [0.29, 0.717) is 23.5 Å². The number of aryl methyl sites for hydroxylation is 1. The molecule has 4 rings (SSSR count). The Hall–Kier alpha value is -1.44. The number of allylic oxidation sites excluding steroid dienone is 1. The summed E-state index contributed by atoms with van der Waals surface area (Å²) in [7, 11) is 0. The standard InChI is InChI=1S/C26H35NO2S/c1-3-26-13-12-18-15-20(28)8-9-21(18)24(26)19(7-5-4-6-14-30-17-27)16-25(2)22(26)10-11-23(25)29/h3,8-9,15,19,22-24,28-29H,1,4-7,10-14,16H2,2H3/t19?,22?,23?,24?,25-,26?/m0/s1. The number of aliphatic hydroxyl groups excluding tert-OH is 1. The molecular formula is C26H35NO2S. The molecule has 1 aromatic rings. The number of thiocyanates is 1. The lowest BCUT2D eigenvalue weighted by Gasteiger charge is -2.60. The van der Waals surface area contributed by atoms with Crippen molar-refractivity contribution in [2.75, 3.05) is 5.75 Å². The fraction of sp³-hybridized carbons (Fsp3) is 0.654. The van der Waals surface area contributed by atoms with Gasteiger partial charge in [-0.3, -0.25) is 0 Å². The molecule has 3 aliphatic rings. The van der Waals surface area contributed by atoms with Crippen LogP contribution in [0.4, 0.5) is 0 Å². The lowest BCUT2D eigenvalue weighted by Crippen LogP contribution is -2.54. The Bertz CT molecular complexity index is 833. The Morgan fingerprint density at radius 3 is 2.90 bits per heavy atom. The van der Waals surface area contributed by atoms with Gasteiger partial charge in [0.2, 0.25) is 0 Å². The van der Waals surface area contributed by atoms with Gasteiger partial charge >= 0.3 is 0 Å². The van der Waals surface area contributed by atoms with Crippen molar-refractivity contribution in [2.45, 2.75) is 76.7 Å². The zero-order valence-corrected chi connectivity index (χ0v) is 19.0. The highest BCUT2D eigenvalue weighted by molar-refractivity contribution is 8.03. The van der Waals surface area contributed by atoms with Gasteiger partial charge in [0.1, 0.15) is 11.2 Å². The number of aliphatic hydroxyl groups is 1. The monoisotopic (exact) mass is 425 g/mol. The fourth-order valence-electron chi connectivity index (χ4n) is 7.50. The minimum atomic E-state index is -0.212. The highest BCUT2D eigenvalue weighted by atomic mass is 32.2. The largest absolute Gasteiger partial charge is 0.508 e. The van der Waals surface area contributed by atoms with Gasteiger partial charge in [-0.25, -0.2) is 0 Å². The minimum absolute atomic E-state index is 0.0273. The number of fused-ring (bicyclic) bond motifs is 5. The van der Waals surface area contributed by atoms with Crippen LogP contribution in [0.15, 0.2) is 30.9 Å². The predicted molar refractivity (Wildman–Crippen MR) is 123 cm³/mol. The predicted octanol–water partition coefficient (Wildman–Crippen LogP) is 6.17. The summed E-state index contributed by atoms with van der Waals surface area (Å²) in [5.41, 5.74) is 2.72. The third-order valence-electron chi connectivity index (χ3n) is 8.74. The first-order valence-corrected chi connectivity index (χ1v) is 12.6. The van der Waals surface area contributed by atoms with E-state index in [9.17, 15) is 10.2 Å². The van der Waals surface area contributed by atoms with Crippen LogP contribution in [0.25, 0.3) is 0 Å². The summed E-state index contributed by atoms with van der Waals surface area (Å²) in [6.45, 7) is 6.70. The molecule has 2 saturated carbocycles. The van der Waals surface area contributed by atoms with E-state index in [1.54, 1.807) is 0 Å². The minimum Gasteiger partial charge on any atom is -0.508 e. The summed E-state index contributed by atoms with van der Waals surface area (Å²) in [4.78, 5) is 0. The molecule has 0 aromatic heterocycles. The van der Waals surface area contributed by atoms with E-state index in [1.807, 2.05) is 12.1 Å². The molecule has 3 aliphatic carbocycles. The Morgan fingerprint density at radius 2 is 2.13 bits per heavy atom. The van der Waals surface area contributed by atoms with Crippen molar-refractivity contribution < 1.29 is 10.2 Å². The van der Waals surface area contributed by atoms with Crippen molar-refractivity contribution in [2.24, 2.45) is 22.7 Å². The summed E-state index contributed by atoms with van der Waals surface area (Å²) in [5.74, 6) is 2.71. The van der Waals surface area contributed by atoms with Gasteiger partial charge in [-0.2, -0.15) is 5.26 Å². The first kappa shape index (κ1) is 21.8. The summed E-state index contributed by atoms with van der Waals surface area (Å²) in [6, 6.07) is 5.98. The molecule has 162 valence electrons. The van der Waals surface area contributed by atoms with E-state index in [2.05, 4.69) is 31.0 Å². The molecular weight excluding hydrogens is 390 g/mol. The molecule has 4 heteroatoms. The Morgan fingerprint density at radius 1 is 1.30 bits per heavy atom. The summed E-state index contributed by atoms with van der Waals surface area (Å²) in [5, 5.41) is 32.0. The molecule has 0 amide bonds. The molecule has 0 aliphatic heterocycles. The van der Waals surface area contributed by atoms with Crippen molar-refractivity contribution in [1.82, 2.24) is 0 Å². The number of rotatable bonds is 7. The Balaban J connectivity index is 1.66. The highest BCUT2D eigenvalue weighted by Crippen LogP contribution is 2.69. The molecule has 1 aromatic carbocycles. The molecule has 6 atom stereocenters. The van der Waals surface area contributed by atoms with Crippen LogP contribution in [0, 0.1) is 33.3 Å². The molecule has 5 unspecified atom stereocenters. The number of phenolic OH excluding ortho intramolecular Hbond substituents is 1. The van der Waals surface area contributed by atoms with Crippen LogP contribution in [0.3, 0.4) is 0 Å². The molecule has 30 heavy (non-hydrogen) atoms. The number of nitriles is 1. The second-order valence-electron chi connectivity index (χ2n) is 10.1. The molecule has 2 N–H and O–H groups in total. The lowest BCUT2D eigenvalue weighted by atomic mass is 9.44. The maximum absolute atomic E-state index is 11.0. The number of hydrogen-bond donors (Lipinski definition) is 2. The normalized spacial score (nSPS) is 37.0. The Labute approximate surface area is 185 Å². The van der Waals surface area contributed by atoms with Gasteiger partial charge in [0, 0.05) is 5.75 Å². The number of aromatic hydroxyl groups is 1. The Kier molecular flexibility index (Phi) is 6.24. The zero-order valence-electron chi connectivity index (χ0n) is 18.1. The van der Waals surface area contributed by atoms with Crippen LogP contribution in [0.2, 0.25) is 0 Å². The second kappa shape index (κ2) is 8.60. The smallest absolute Gasteiger partial charge is 0.133 e. The van der Waals surface area contributed by atoms with Crippen molar-refractivity contribution in [3.8, 4) is 11.2 Å². The molecule has 0 bridgehead atoms. The second-order valence-corrected chi connectivity index (χ2v) is 11.0. The van der Waals surface area contributed by atoms with Gasteiger partial charge < -0.3 is 10.2 Å². The number of nitrogens with zero attached hydrogens (tertiary/aromatic N) is 1. The third kappa shape index (κ3) is 3.49. The molecule has 3 nitrogen and oxygen atoms in total. The van der Waals surface area contributed by atoms with Gasteiger partial charge in [0.25, 0.3) is 0 Å². The number of unbranched alkanes of at least 4 members (excludes halogenated alkanes) is 2. The molecule has 0 heterocycles. The summed E-state index contributed by atoms with van der Waals surface area (Å²) < 4.78 is 0. The molecule has 2 fully saturated rings. The van der Waals surface area contributed by atoms with E-state index in [4.69, 9.17) is 5.26 Å². The van der Waals surface area contributed by atoms with Crippen LogP contribution >= 0.6 is 11.8 Å². The maximum atomic E-state index is 11.0. The number of benzene rings is 1. The van der Waals surface area contributed by atoms with Crippen LogP contribution in [0.1, 0.15) is 75.3 Å². The van der Waals surface area contributed by atoms with E-state index in [1.165, 1.54) is 29.3 Å².